The second-order valence-corrected chi connectivity index (χ2v) is 5.24. The van der Waals surface area contributed by atoms with Crippen LogP contribution in [0, 0.1) is 0 Å². The van der Waals surface area contributed by atoms with Gasteiger partial charge in [-0.3, -0.25) is 0 Å². The van der Waals surface area contributed by atoms with Gasteiger partial charge in [-0.1, -0.05) is 32.9 Å². The van der Waals surface area contributed by atoms with Gasteiger partial charge in [-0.2, -0.15) is 0 Å². The Morgan fingerprint density at radius 1 is 1.21 bits per heavy atom. The van der Waals surface area contributed by atoms with Crippen LogP contribution in [0.25, 0.3) is 0 Å². The molecule has 0 fully saturated rings. The van der Waals surface area contributed by atoms with Crippen LogP contribution in [0.4, 0.5) is 0 Å². The molecular formula is C15H25BrN2O. The number of halogens is 1. The van der Waals surface area contributed by atoms with Gasteiger partial charge in [0.15, 0.2) is 0 Å². The highest BCUT2D eigenvalue weighted by Gasteiger charge is 2.08. The van der Waals surface area contributed by atoms with Crippen molar-refractivity contribution in [2.75, 3.05) is 32.8 Å². The lowest BCUT2D eigenvalue weighted by molar-refractivity contribution is 0.220. The van der Waals surface area contributed by atoms with Gasteiger partial charge in [-0.05, 0) is 41.6 Å². The zero-order valence-electron chi connectivity index (χ0n) is 12.2. The minimum atomic E-state index is 0.726. The number of nitrogens with one attached hydrogen (secondary N) is 1. The lowest BCUT2D eigenvalue weighted by Gasteiger charge is -2.19. The molecular weight excluding hydrogens is 304 g/mol. The fraction of sp³-hybridized carbons (Fsp3) is 0.600. The summed E-state index contributed by atoms with van der Waals surface area (Å²) >= 11 is 3.57. The molecule has 0 aliphatic heterocycles. The maximum absolute atomic E-state index is 5.97. The van der Waals surface area contributed by atoms with E-state index in [4.69, 9.17) is 4.74 Å². The molecule has 1 aromatic carbocycles. The van der Waals surface area contributed by atoms with E-state index < -0.39 is 0 Å². The van der Waals surface area contributed by atoms with E-state index in [9.17, 15) is 0 Å². The van der Waals surface area contributed by atoms with Crippen LogP contribution in [-0.2, 0) is 6.54 Å². The normalized spacial score (nSPS) is 11.0. The molecule has 0 saturated carbocycles. The predicted molar refractivity (Wildman–Crippen MR) is 84.8 cm³/mol. The number of nitrogens with zero attached hydrogens (tertiary/aromatic N) is 1. The lowest BCUT2D eigenvalue weighted by atomic mass is 10.2. The molecule has 0 bridgehead atoms. The number of rotatable bonds is 9. The van der Waals surface area contributed by atoms with Gasteiger partial charge < -0.3 is 15.0 Å². The summed E-state index contributed by atoms with van der Waals surface area (Å²) in [7, 11) is 0. The van der Waals surface area contributed by atoms with E-state index in [1.165, 1.54) is 5.56 Å². The van der Waals surface area contributed by atoms with Crippen molar-refractivity contribution in [1.29, 1.82) is 0 Å². The SMILES string of the molecule is CCNCc1cccc(Br)c1OCCN(CC)CC. The van der Waals surface area contributed by atoms with Crippen molar-refractivity contribution in [3.8, 4) is 5.75 Å². The van der Waals surface area contributed by atoms with E-state index in [0.29, 0.717) is 0 Å². The standard InChI is InChI=1S/C15H25BrN2O/c1-4-17-12-13-8-7-9-14(16)15(13)19-11-10-18(5-2)6-3/h7-9,17H,4-6,10-12H2,1-3H3. The predicted octanol–water partition coefficient (Wildman–Crippen LogP) is 3.28. The smallest absolute Gasteiger partial charge is 0.138 e. The summed E-state index contributed by atoms with van der Waals surface area (Å²) in [5, 5.41) is 3.34. The zero-order chi connectivity index (χ0) is 14.1. The Morgan fingerprint density at radius 3 is 2.58 bits per heavy atom. The van der Waals surface area contributed by atoms with Crippen molar-refractivity contribution >= 4 is 15.9 Å². The van der Waals surface area contributed by atoms with Gasteiger partial charge >= 0.3 is 0 Å². The minimum absolute atomic E-state index is 0.726. The highest BCUT2D eigenvalue weighted by atomic mass is 79.9. The average Bonchev–Trinajstić information content (AvgIpc) is 2.43. The molecule has 0 radical (unpaired) electrons. The first kappa shape index (κ1) is 16.5. The van der Waals surface area contributed by atoms with Crippen molar-refractivity contribution in [2.24, 2.45) is 0 Å². The maximum atomic E-state index is 5.97. The van der Waals surface area contributed by atoms with Crippen LogP contribution in [0.15, 0.2) is 22.7 Å². The molecule has 0 heterocycles. The first-order chi connectivity index (χ1) is 9.22. The third-order valence-electron chi connectivity index (χ3n) is 3.16. The molecule has 0 aliphatic rings. The molecule has 0 aromatic heterocycles. The first-order valence-electron chi connectivity index (χ1n) is 7.06. The van der Waals surface area contributed by atoms with Gasteiger partial charge in [0.05, 0.1) is 4.47 Å². The van der Waals surface area contributed by atoms with E-state index in [1.807, 2.05) is 12.1 Å². The lowest BCUT2D eigenvalue weighted by Crippen LogP contribution is -2.28. The minimum Gasteiger partial charge on any atom is -0.491 e. The van der Waals surface area contributed by atoms with Crippen molar-refractivity contribution < 1.29 is 4.74 Å². The largest absolute Gasteiger partial charge is 0.491 e. The molecule has 0 unspecified atom stereocenters. The van der Waals surface area contributed by atoms with Crippen LogP contribution in [0.3, 0.4) is 0 Å². The van der Waals surface area contributed by atoms with Gasteiger partial charge in [0, 0.05) is 18.7 Å². The Balaban J connectivity index is 2.60. The molecule has 0 saturated heterocycles. The fourth-order valence-corrected chi connectivity index (χ4v) is 2.45. The van der Waals surface area contributed by atoms with E-state index in [0.717, 1.165) is 49.6 Å². The number of ether oxygens (including phenoxy) is 1. The van der Waals surface area contributed by atoms with Gasteiger partial charge in [-0.25, -0.2) is 0 Å². The van der Waals surface area contributed by atoms with Crippen LogP contribution in [0.1, 0.15) is 26.3 Å². The summed E-state index contributed by atoms with van der Waals surface area (Å²) in [6.07, 6.45) is 0. The van der Waals surface area contributed by atoms with Crippen molar-refractivity contribution in [3.05, 3.63) is 28.2 Å². The number of para-hydroxylation sites is 1. The molecule has 1 N–H and O–H groups in total. The Labute approximate surface area is 125 Å². The second-order valence-electron chi connectivity index (χ2n) is 4.38. The maximum Gasteiger partial charge on any atom is 0.138 e. The van der Waals surface area contributed by atoms with Gasteiger partial charge in [0.25, 0.3) is 0 Å². The highest BCUT2D eigenvalue weighted by molar-refractivity contribution is 9.10. The zero-order valence-corrected chi connectivity index (χ0v) is 13.8. The van der Waals surface area contributed by atoms with Crippen LogP contribution in [-0.4, -0.2) is 37.7 Å². The molecule has 0 amide bonds. The average molecular weight is 329 g/mol. The molecule has 108 valence electrons. The molecule has 3 nitrogen and oxygen atoms in total. The van der Waals surface area contributed by atoms with Gasteiger partial charge in [0.1, 0.15) is 12.4 Å². The third-order valence-corrected chi connectivity index (χ3v) is 3.79. The van der Waals surface area contributed by atoms with Crippen molar-refractivity contribution in [1.82, 2.24) is 10.2 Å². The van der Waals surface area contributed by atoms with Crippen LogP contribution in [0.2, 0.25) is 0 Å². The van der Waals surface area contributed by atoms with Crippen LogP contribution < -0.4 is 10.1 Å². The highest BCUT2D eigenvalue weighted by Crippen LogP contribution is 2.29. The number of hydrogen-bond acceptors (Lipinski definition) is 3. The van der Waals surface area contributed by atoms with Crippen molar-refractivity contribution in [2.45, 2.75) is 27.3 Å². The quantitative estimate of drug-likeness (QED) is 0.752. The summed E-state index contributed by atoms with van der Waals surface area (Å²) < 4.78 is 7.00. The summed E-state index contributed by atoms with van der Waals surface area (Å²) in [6, 6.07) is 6.19. The Hall–Kier alpha value is -0.580. The summed E-state index contributed by atoms with van der Waals surface area (Å²) in [5.74, 6) is 0.968. The molecule has 0 aliphatic carbocycles. The van der Waals surface area contributed by atoms with Gasteiger partial charge in [-0.15, -0.1) is 0 Å². The number of hydrogen-bond donors (Lipinski definition) is 1. The molecule has 1 aromatic rings. The summed E-state index contributed by atoms with van der Waals surface area (Å²) in [6.45, 7) is 12.1. The Bertz CT molecular complexity index is 367. The topological polar surface area (TPSA) is 24.5 Å². The third kappa shape index (κ3) is 5.51. The van der Waals surface area contributed by atoms with E-state index in [2.05, 4.69) is 53.0 Å². The van der Waals surface area contributed by atoms with E-state index >= 15 is 0 Å². The molecule has 1 rings (SSSR count). The van der Waals surface area contributed by atoms with Crippen LogP contribution >= 0.6 is 15.9 Å². The van der Waals surface area contributed by atoms with E-state index in [-0.39, 0.29) is 0 Å². The Kier molecular flexibility index (Phi) is 8.10. The second kappa shape index (κ2) is 9.34. The molecule has 0 atom stereocenters. The summed E-state index contributed by atoms with van der Waals surface area (Å²) in [4.78, 5) is 2.36. The monoisotopic (exact) mass is 328 g/mol. The van der Waals surface area contributed by atoms with Crippen LogP contribution in [0.5, 0.6) is 5.75 Å². The number of likely N-dealkylation sites (N-methyl/N-ethyl adjacent to an activating group) is 1. The molecule has 0 spiro atoms. The number of benzene rings is 1. The molecule has 19 heavy (non-hydrogen) atoms. The first-order valence-corrected chi connectivity index (χ1v) is 7.85. The molecule has 4 heteroatoms. The van der Waals surface area contributed by atoms with E-state index in [1.54, 1.807) is 0 Å². The van der Waals surface area contributed by atoms with Crippen molar-refractivity contribution in [3.63, 3.8) is 0 Å². The van der Waals surface area contributed by atoms with Gasteiger partial charge in [0.2, 0.25) is 0 Å². The fourth-order valence-electron chi connectivity index (χ4n) is 1.93. The Morgan fingerprint density at radius 2 is 1.95 bits per heavy atom. The summed E-state index contributed by atoms with van der Waals surface area (Å²) in [5.41, 5.74) is 1.20.